The van der Waals surface area contributed by atoms with E-state index in [9.17, 15) is 4.79 Å². The molecule has 0 saturated carbocycles. The molecule has 0 radical (unpaired) electrons. The quantitative estimate of drug-likeness (QED) is 0.720. The summed E-state index contributed by atoms with van der Waals surface area (Å²) in [7, 11) is 0. The van der Waals surface area contributed by atoms with Crippen LogP contribution in [0, 0.1) is 5.92 Å². The van der Waals surface area contributed by atoms with Gasteiger partial charge in [0.05, 0.1) is 12.7 Å². The minimum atomic E-state index is 0.168. The normalized spacial score (nSPS) is 34.1. The Morgan fingerprint density at radius 3 is 3.00 bits per heavy atom. The molecule has 2 saturated heterocycles. The van der Waals surface area contributed by atoms with Crippen LogP contribution in [0.2, 0.25) is 0 Å². The third-order valence-electron chi connectivity index (χ3n) is 4.42. The molecule has 0 aliphatic carbocycles. The smallest absolute Gasteiger partial charge is 0.250 e. The molecule has 4 rings (SSSR count). The molecule has 96 valence electrons. The van der Waals surface area contributed by atoms with Gasteiger partial charge in [-0.05, 0) is 18.4 Å². The zero-order chi connectivity index (χ0) is 12.1. The van der Waals surface area contributed by atoms with Gasteiger partial charge in [0.2, 0.25) is 0 Å². The topological polar surface area (TPSA) is 37.8 Å². The first-order chi connectivity index (χ1) is 8.79. The highest BCUT2D eigenvalue weighted by Crippen LogP contribution is 2.35. The van der Waals surface area contributed by atoms with Crippen LogP contribution in [0.25, 0.3) is 0 Å². The summed E-state index contributed by atoms with van der Waals surface area (Å²) < 4.78 is 7.31. The molecule has 1 aromatic heterocycles. The second kappa shape index (κ2) is 3.93. The molecular weight excluding hydrogens is 228 g/mol. The van der Waals surface area contributed by atoms with Crippen LogP contribution in [0.5, 0.6) is 0 Å². The zero-order valence-electron chi connectivity index (χ0n) is 10.4. The van der Waals surface area contributed by atoms with Gasteiger partial charge in [-0.1, -0.05) is 6.07 Å². The molecule has 1 aromatic rings. The number of fused-ring (bicyclic) bond motifs is 4. The van der Waals surface area contributed by atoms with Gasteiger partial charge in [0.1, 0.15) is 0 Å². The van der Waals surface area contributed by atoms with Crippen molar-refractivity contribution in [2.45, 2.75) is 25.0 Å². The highest BCUT2D eigenvalue weighted by atomic mass is 16.6. The maximum Gasteiger partial charge on any atom is 0.250 e. The van der Waals surface area contributed by atoms with E-state index in [1.54, 1.807) is 6.07 Å². The second-order valence-corrected chi connectivity index (χ2v) is 5.87. The fourth-order valence-electron chi connectivity index (χ4n) is 3.61. The van der Waals surface area contributed by atoms with Crippen LogP contribution < -0.4 is 5.56 Å². The van der Waals surface area contributed by atoms with E-state index in [0.29, 0.717) is 17.9 Å². The fourth-order valence-corrected chi connectivity index (χ4v) is 3.61. The summed E-state index contributed by atoms with van der Waals surface area (Å²) in [6, 6.07) is 5.71. The Hall–Kier alpha value is -1.13. The van der Waals surface area contributed by atoms with Gasteiger partial charge >= 0.3 is 0 Å². The van der Waals surface area contributed by atoms with Crippen molar-refractivity contribution < 1.29 is 4.74 Å². The van der Waals surface area contributed by atoms with E-state index in [2.05, 4.69) is 11.0 Å². The minimum Gasteiger partial charge on any atom is -0.372 e. The molecule has 0 amide bonds. The SMILES string of the molecule is O=c1cccc2n1C[C@H]1C[C@H]2CN(C[C@@H]2CO2)C1. The van der Waals surface area contributed by atoms with Crippen molar-refractivity contribution in [1.82, 2.24) is 9.47 Å². The van der Waals surface area contributed by atoms with Crippen LogP contribution in [-0.2, 0) is 11.3 Å². The van der Waals surface area contributed by atoms with Crippen molar-refractivity contribution in [3.8, 4) is 0 Å². The van der Waals surface area contributed by atoms with Crippen LogP contribution >= 0.6 is 0 Å². The van der Waals surface area contributed by atoms with E-state index in [0.717, 1.165) is 32.8 Å². The van der Waals surface area contributed by atoms with Crippen molar-refractivity contribution in [3.63, 3.8) is 0 Å². The first-order valence-electron chi connectivity index (χ1n) is 6.83. The lowest BCUT2D eigenvalue weighted by Gasteiger charge is -2.42. The van der Waals surface area contributed by atoms with Gasteiger partial charge in [-0.2, -0.15) is 0 Å². The zero-order valence-corrected chi connectivity index (χ0v) is 10.4. The van der Waals surface area contributed by atoms with Gasteiger partial charge < -0.3 is 9.30 Å². The molecule has 4 heterocycles. The Bertz CT molecular complexity index is 521. The van der Waals surface area contributed by atoms with Crippen LogP contribution in [0.4, 0.5) is 0 Å². The monoisotopic (exact) mass is 246 g/mol. The molecule has 3 aliphatic heterocycles. The maximum absolute atomic E-state index is 11.9. The average Bonchev–Trinajstić information content (AvgIpc) is 3.14. The molecule has 4 heteroatoms. The number of pyridine rings is 1. The average molecular weight is 246 g/mol. The number of ether oxygens (including phenoxy) is 1. The molecule has 0 spiro atoms. The van der Waals surface area contributed by atoms with Gasteiger partial charge in [0.25, 0.3) is 5.56 Å². The molecular formula is C14H18N2O2. The summed E-state index contributed by atoms with van der Waals surface area (Å²) in [5.41, 5.74) is 1.40. The lowest BCUT2D eigenvalue weighted by Crippen LogP contribution is -2.47. The lowest BCUT2D eigenvalue weighted by atomic mass is 9.83. The third kappa shape index (κ3) is 1.80. The van der Waals surface area contributed by atoms with Crippen molar-refractivity contribution in [1.29, 1.82) is 0 Å². The van der Waals surface area contributed by atoms with E-state index >= 15 is 0 Å². The van der Waals surface area contributed by atoms with Gasteiger partial charge in [0.15, 0.2) is 0 Å². The van der Waals surface area contributed by atoms with Gasteiger partial charge in [-0.3, -0.25) is 9.69 Å². The van der Waals surface area contributed by atoms with E-state index in [4.69, 9.17) is 4.74 Å². The number of nitrogens with zero attached hydrogens (tertiary/aromatic N) is 2. The molecule has 0 N–H and O–H groups in total. The van der Waals surface area contributed by atoms with Gasteiger partial charge in [-0.15, -0.1) is 0 Å². The molecule has 2 bridgehead atoms. The number of rotatable bonds is 2. The number of aromatic nitrogens is 1. The summed E-state index contributed by atoms with van der Waals surface area (Å²) in [5.74, 6) is 1.17. The first-order valence-corrected chi connectivity index (χ1v) is 6.83. The van der Waals surface area contributed by atoms with Crippen LogP contribution in [0.3, 0.4) is 0 Å². The second-order valence-electron chi connectivity index (χ2n) is 5.87. The first kappa shape index (κ1) is 10.8. The number of likely N-dealkylation sites (tertiary alicyclic amines) is 1. The van der Waals surface area contributed by atoms with Gasteiger partial charge in [0, 0.05) is 43.9 Å². The van der Waals surface area contributed by atoms with E-state index in [1.807, 2.05) is 10.6 Å². The molecule has 3 aliphatic rings. The molecule has 18 heavy (non-hydrogen) atoms. The Labute approximate surface area is 106 Å². The predicted octanol–water partition coefficient (Wildman–Crippen LogP) is 0.666. The van der Waals surface area contributed by atoms with Crippen LogP contribution in [-0.4, -0.2) is 41.8 Å². The molecule has 2 fully saturated rings. The predicted molar refractivity (Wildman–Crippen MR) is 67.7 cm³/mol. The number of piperidine rings is 1. The summed E-state index contributed by atoms with van der Waals surface area (Å²) >= 11 is 0. The highest BCUT2D eigenvalue weighted by Gasteiger charge is 2.36. The summed E-state index contributed by atoms with van der Waals surface area (Å²) in [6.07, 6.45) is 1.72. The molecule has 0 aromatic carbocycles. The van der Waals surface area contributed by atoms with Crippen molar-refractivity contribution in [2.24, 2.45) is 5.92 Å². The highest BCUT2D eigenvalue weighted by molar-refractivity contribution is 5.17. The maximum atomic E-state index is 11.9. The van der Waals surface area contributed by atoms with Gasteiger partial charge in [-0.25, -0.2) is 0 Å². The van der Waals surface area contributed by atoms with Crippen LogP contribution in [0.1, 0.15) is 18.0 Å². The largest absolute Gasteiger partial charge is 0.372 e. The molecule has 4 nitrogen and oxygen atoms in total. The number of epoxide rings is 1. The fraction of sp³-hybridized carbons (Fsp3) is 0.643. The Morgan fingerprint density at radius 1 is 1.28 bits per heavy atom. The van der Waals surface area contributed by atoms with E-state index in [-0.39, 0.29) is 5.56 Å². The molecule has 0 unspecified atom stereocenters. The Balaban J connectivity index is 1.63. The van der Waals surface area contributed by atoms with Crippen molar-refractivity contribution >= 4 is 0 Å². The number of hydrogen-bond acceptors (Lipinski definition) is 3. The summed E-state index contributed by atoms with van der Waals surface area (Å²) in [4.78, 5) is 14.4. The third-order valence-corrected chi connectivity index (χ3v) is 4.42. The summed E-state index contributed by atoms with van der Waals surface area (Å²) in [6.45, 7) is 5.11. The minimum absolute atomic E-state index is 0.168. The summed E-state index contributed by atoms with van der Waals surface area (Å²) in [5, 5.41) is 0. The Kier molecular flexibility index (Phi) is 2.35. The number of hydrogen-bond donors (Lipinski definition) is 0. The lowest BCUT2D eigenvalue weighted by molar-refractivity contribution is 0.112. The Morgan fingerprint density at radius 2 is 2.17 bits per heavy atom. The standard InChI is InChI=1S/C14H18N2O2/c17-14-3-1-2-13-11-4-10(6-16(13)14)5-15(7-11)8-12-9-18-12/h1-3,10-12H,4-9H2/t10-,11-,12+/m0/s1. The van der Waals surface area contributed by atoms with Crippen LogP contribution in [0.15, 0.2) is 23.0 Å². The van der Waals surface area contributed by atoms with Crippen molar-refractivity contribution in [2.75, 3.05) is 26.2 Å². The van der Waals surface area contributed by atoms with E-state index < -0.39 is 0 Å². The van der Waals surface area contributed by atoms with Crippen molar-refractivity contribution in [3.05, 3.63) is 34.2 Å². The van der Waals surface area contributed by atoms with E-state index in [1.165, 1.54) is 12.1 Å². The molecule has 3 atom stereocenters.